The van der Waals surface area contributed by atoms with Crippen LogP contribution in [0.25, 0.3) is 10.9 Å². The number of halogens is 1. The largest absolute Gasteiger partial charge is 0.497 e. The number of aromatic nitrogens is 2. The van der Waals surface area contributed by atoms with E-state index in [1.807, 2.05) is 41.8 Å². The smallest absolute Gasteiger partial charge is 0.346 e. The fourth-order valence-electron chi connectivity index (χ4n) is 2.80. The van der Waals surface area contributed by atoms with Crippen LogP contribution in [0, 0.1) is 3.70 Å². The zero-order chi connectivity index (χ0) is 18.7. The Labute approximate surface area is 165 Å². The van der Waals surface area contributed by atoms with Gasteiger partial charge < -0.3 is 18.8 Å². The summed E-state index contributed by atoms with van der Waals surface area (Å²) >= 11 is 2.25. The molecule has 0 aliphatic rings. The molecule has 0 aliphatic carbocycles. The lowest BCUT2D eigenvalue weighted by molar-refractivity contribution is 0.0470. The molecule has 1 aromatic carbocycles. The van der Waals surface area contributed by atoms with Crippen LogP contribution in [0.4, 0.5) is 0 Å². The van der Waals surface area contributed by atoms with Gasteiger partial charge in [-0.2, -0.15) is 0 Å². The van der Waals surface area contributed by atoms with E-state index in [1.165, 1.54) is 7.11 Å². The molecular formula is C19H19IN2O4. The van der Waals surface area contributed by atoms with Gasteiger partial charge >= 0.3 is 5.97 Å². The summed E-state index contributed by atoms with van der Waals surface area (Å²) in [4.78, 5) is 17.1. The maximum Gasteiger partial charge on any atom is 0.346 e. The molecule has 0 saturated carbocycles. The lowest BCUT2D eigenvalue weighted by atomic mass is 10.2. The zero-order valence-corrected chi connectivity index (χ0v) is 16.9. The normalized spacial score (nSPS) is 10.8. The van der Waals surface area contributed by atoms with Crippen molar-refractivity contribution in [2.75, 3.05) is 14.2 Å². The lowest BCUT2D eigenvalue weighted by Crippen LogP contribution is -2.11. The molecule has 0 N–H and O–H groups in total. The van der Waals surface area contributed by atoms with Crippen molar-refractivity contribution < 1.29 is 19.0 Å². The van der Waals surface area contributed by atoms with E-state index in [0.29, 0.717) is 5.56 Å². The van der Waals surface area contributed by atoms with Gasteiger partial charge in [0.2, 0.25) is 5.88 Å². The Morgan fingerprint density at radius 2 is 1.92 bits per heavy atom. The quantitative estimate of drug-likeness (QED) is 0.406. The van der Waals surface area contributed by atoms with Gasteiger partial charge in [0.15, 0.2) is 0 Å². The first-order valence-electron chi connectivity index (χ1n) is 8.10. The third kappa shape index (κ3) is 3.48. The van der Waals surface area contributed by atoms with Crippen LogP contribution >= 0.6 is 22.6 Å². The molecule has 0 unspecified atom stereocenters. The molecule has 0 aliphatic heterocycles. The fraction of sp³-hybridized carbons (Fsp3) is 0.263. The van der Waals surface area contributed by atoms with Crippen LogP contribution in [0.2, 0.25) is 0 Å². The highest BCUT2D eigenvalue weighted by Gasteiger charge is 2.23. The number of hydrogen-bond acceptors (Lipinski definition) is 5. The maximum atomic E-state index is 12.8. The van der Waals surface area contributed by atoms with Crippen molar-refractivity contribution in [2.45, 2.75) is 20.1 Å². The van der Waals surface area contributed by atoms with Crippen LogP contribution in [0.15, 0.2) is 36.5 Å². The van der Waals surface area contributed by atoms with Crippen LogP contribution in [-0.2, 0) is 17.9 Å². The van der Waals surface area contributed by atoms with Crippen LogP contribution in [0.3, 0.4) is 0 Å². The average molecular weight is 466 g/mol. The second-order valence-corrected chi connectivity index (χ2v) is 6.69. The van der Waals surface area contributed by atoms with Gasteiger partial charge in [0, 0.05) is 18.1 Å². The molecule has 7 heteroatoms. The molecule has 0 bridgehead atoms. The first-order valence-corrected chi connectivity index (χ1v) is 9.18. The van der Waals surface area contributed by atoms with E-state index in [0.717, 1.165) is 32.5 Å². The van der Waals surface area contributed by atoms with Gasteiger partial charge in [0.25, 0.3) is 0 Å². The van der Waals surface area contributed by atoms with Crippen molar-refractivity contribution >= 4 is 39.5 Å². The average Bonchev–Trinajstić information content (AvgIpc) is 3.00. The second-order valence-electron chi connectivity index (χ2n) is 5.58. The van der Waals surface area contributed by atoms with E-state index in [4.69, 9.17) is 14.2 Å². The number of nitrogens with zero attached hydrogens (tertiary/aromatic N) is 2. The summed E-state index contributed by atoms with van der Waals surface area (Å²) in [7, 11) is 3.11. The molecule has 6 nitrogen and oxygen atoms in total. The molecule has 0 atom stereocenters. The minimum atomic E-state index is -0.458. The predicted octanol–water partition coefficient (Wildman–Crippen LogP) is 4.04. The number of aryl methyl sites for hydroxylation is 1. The number of ether oxygens (including phenoxy) is 3. The summed E-state index contributed by atoms with van der Waals surface area (Å²) in [5.74, 6) is 0.562. The van der Waals surface area contributed by atoms with E-state index >= 15 is 0 Å². The van der Waals surface area contributed by atoms with Gasteiger partial charge in [-0.3, -0.25) is 0 Å². The summed E-state index contributed by atoms with van der Waals surface area (Å²) < 4.78 is 19.1. The monoisotopic (exact) mass is 466 g/mol. The molecule has 136 valence electrons. The van der Waals surface area contributed by atoms with E-state index in [1.54, 1.807) is 13.3 Å². The van der Waals surface area contributed by atoms with Crippen LogP contribution < -0.4 is 9.47 Å². The van der Waals surface area contributed by atoms with Crippen molar-refractivity contribution in [3.8, 4) is 11.6 Å². The third-order valence-electron chi connectivity index (χ3n) is 4.09. The minimum Gasteiger partial charge on any atom is -0.497 e. The Hall–Kier alpha value is -2.29. The Bertz CT molecular complexity index is 935. The number of methoxy groups -OCH3 is 2. The topological polar surface area (TPSA) is 62.6 Å². The summed E-state index contributed by atoms with van der Waals surface area (Å²) in [5, 5.41) is 0.883. The number of pyridine rings is 1. The van der Waals surface area contributed by atoms with Gasteiger partial charge in [0.1, 0.15) is 17.9 Å². The molecular weight excluding hydrogens is 447 g/mol. The number of carbonyl (C=O) groups excluding carboxylic acids is 1. The van der Waals surface area contributed by atoms with Gasteiger partial charge in [-0.15, -0.1) is 0 Å². The Kier molecular flexibility index (Phi) is 5.65. The zero-order valence-electron chi connectivity index (χ0n) is 14.8. The molecule has 0 fully saturated rings. The number of fused-ring (bicyclic) bond motifs is 1. The molecule has 0 spiro atoms. The summed E-state index contributed by atoms with van der Waals surface area (Å²) in [5.41, 5.74) is 2.01. The molecule has 2 heterocycles. The van der Waals surface area contributed by atoms with Crippen molar-refractivity contribution in [1.29, 1.82) is 0 Å². The third-order valence-corrected chi connectivity index (χ3v) is 4.98. The number of carbonyl (C=O) groups is 1. The standard InChI is InChI=1S/C19H19IN2O4/c1-4-22-15(20)9-13-10-21-18(25-3)16(17(13)22)19(23)26-11-12-5-7-14(24-2)8-6-12/h5-10H,4,11H2,1-3H3. The second kappa shape index (κ2) is 7.94. The highest BCUT2D eigenvalue weighted by atomic mass is 127. The van der Waals surface area contributed by atoms with Crippen molar-refractivity contribution in [2.24, 2.45) is 0 Å². The maximum absolute atomic E-state index is 12.8. The molecule has 3 rings (SSSR count). The summed E-state index contributed by atoms with van der Waals surface area (Å²) in [6.45, 7) is 2.92. The number of hydrogen-bond donors (Lipinski definition) is 0. The predicted molar refractivity (Wildman–Crippen MR) is 107 cm³/mol. The Balaban J connectivity index is 1.93. The molecule has 2 aromatic heterocycles. The van der Waals surface area contributed by atoms with Gasteiger partial charge in [-0.1, -0.05) is 12.1 Å². The number of benzene rings is 1. The lowest BCUT2D eigenvalue weighted by Gasteiger charge is -2.12. The summed E-state index contributed by atoms with van der Waals surface area (Å²) in [6.07, 6.45) is 1.71. The SMILES string of the molecule is CCn1c(I)cc2cnc(OC)c(C(=O)OCc3ccc(OC)cc3)c21. The number of esters is 1. The van der Waals surface area contributed by atoms with E-state index < -0.39 is 5.97 Å². The van der Waals surface area contributed by atoms with Crippen LogP contribution in [-0.4, -0.2) is 29.7 Å². The summed E-state index contributed by atoms with van der Waals surface area (Å²) in [6, 6.07) is 9.37. The van der Waals surface area contributed by atoms with Crippen LogP contribution in [0.1, 0.15) is 22.8 Å². The first-order chi connectivity index (χ1) is 12.6. The van der Waals surface area contributed by atoms with E-state index in [2.05, 4.69) is 27.6 Å². The van der Waals surface area contributed by atoms with Crippen molar-refractivity contribution in [3.63, 3.8) is 0 Å². The molecule has 0 saturated heterocycles. The first kappa shape index (κ1) is 18.5. The van der Waals surface area contributed by atoms with Crippen LogP contribution in [0.5, 0.6) is 11.6 Å². The van der Waals surface area contributed by atoms with Crippen molar-refractivity contribution in [1.82, 2.24) is 9.55 Å². The highest BCUT2D eigenvalue weighted by Crippen LogP contribution is 2.30. The van der Waals surface area contributed by atoms with Gasteiger partial charge in [-0.25, -0.2) is 9.78 Å². The minimum absolute atomic E-state index is 0.159. The number of rotatable bonds is 6. The highest BCUT2D eigenvalue weighted by molar-refractivity contribution is 14.1. The van der Waals surface area contributed by atoms with Gasteiger partial charge in [-0.05, 0) is 53.3 Å². The van der Waals surface area contributed by atoms with E-state index in [-0.39, 0.29) is 12.5 Å². The fourth-order valence-corrected chi connectivity index (χ4v) is 3.72. The Morgan fingerprint density at radius 3 is 2.54 bits per heavy atom. The molecule has 26 heavy (non-hydrogen) atoms. The Morgan fingerprint density at radius 1 is 1.19 bits per heavy atom. The van der Waals surface area contributed by atoms with E-state index in [9.17, 15) is 4.79 Å². The molecule has 0 radical (unpaired) electrons. The molecule has 0 amide bonds. The van der Waals surface area contributed by atoms with Crippen molar-refractivity contribution in [3.05, 3.63) is 51.4 Å². The van der Waals surface area contributed by atoms with Gasteiger partial charge in [0.05, 0.1) is 23.4 Å². The molecule has 3 aromatic rings.